The van der Waals surface area contributed by atoms with Gasteiger partial charge in [-0.2, -0.15) is 0 Å². The van der Waals surface area contributed by atoms with Crippen molar-refractivity contribution < 1.29 is 13.9 Å². The van der Waals surface area contributed by atoms with Crippen LogP contribution in [0.25, 0.3) is 22.6 Å². The number of oxazole rings is 1. The molecule has 0 aliphatic rings. The summed E-state index contributed by atoms with van der Waals surface area (Å²) in [5, 5.41) is 2.90. The zero-order valence-corrected chi connectivity index (χ0v) is 13.8. The van der Waals surface area contributed by atoms with Gasteiger partial charge in [0.1, 0.15) is 11.3 Å². The lowest BCUT2D eigenvalue weighted by atomic mass is 10.2. The smallest absolute Gasteiger partial charge is 0.227 e. The molecule has 0 aliphatic heterocycles. The van der Waals surface area contributed by atoms with E-state index < -0.39 is 0 Å². The van der Waals surface area contributed by atoms with Crippen molar-refractivity contribution in [2.45, 2.75) is 26.2 Å². The molecule has 1 aromatic heterocycles. The fourth-order valence-electron chi connectivity index (χ4n) is 2.42. The second-order valence-corrected chi connectivity index (χ2v) is 5.58. The molecule has 5 nitrogen and oxygen atoms in total. The Hall–Kier alpha value is -2.82. The summed E-state index contributed by atoms with van der Waals surface area (Å²) >= 11 is 0. The van der Waals surface area contributed by atoms with Crippen molar-refractivity contribution in [2.75, 3.05) is 12.4 Å². The van der Waals surface area contributed by atoms with Crippen molar-refractivity contribution in [3.8, 4) is 17.2 Å². The van der Waals surface area contributed by atoms with Crippen LogP contribution >= 0.6 is 0 Å². The fraction of sp³-hybridized carbons (Fsp3) is 0.263. The number of carbonyl (C=O) groups is 1. The minimum absolute atomic E-state index is 0.0232. The van der Waals surface area contributed by atoms with Gasteiger partial charge in [0, 0.05) is 17.7 Å². The number of rotatable bonds is 6. The standard InChI is InChI=1S/C19H20N2O3/c1-3-4-5-18(22)20-14-8-11-17-16(12-14)21-19(24-17)13-6-9-15(23-2)10-7-13/h6-12H,3-5H2,1-2H3,(H,20,22). The van der Waals surface area contributed by atoms with Gasteiger partial charge in [-0.05, 0) is 48.9 Å². The number of nitrogens with one attached hydrogen (secondary N) is 1. The van der Waals surface area contributed by atoms with Crippen LogP contribution in [0, 0.1) is 0 Å². The number of fused-ring (bicyclic) bond motifs is 1. The maximum absolute atomic E-state index is 11.8. The van der Waals surface area contributed by atoms with E-state index in [1.807, 2.05) is 42.5 Å². The van der Waals surface area contributed by atoms with E-state index in [-0.39, 0.29) is 5.91 Å². The second-order valence-electron chi connectivity index (χ2n) is 5.58. The van der Waals surface area contributed by atoms with Crippen LogP contribution in [0.5, 0.6) is 5.75 Å². The van der Waals surface area contributed by atoms with Crippen LogP contribution in [0.4, 0.5) is 5.69 Å². The first-order valence-electron chi connectivity index (χ1n) is 8.04. The number of amides is 1. The fourth-order valence-corrected chi connectivity index (χ4v) is 2.42. The Morgan fingerprint density at radius 2 is 2.00 bits per heavy atom. The largest absolute Gasteiger partial charge is 0.497 e. The number of carbonyl (C=O) groups excluding carboxylic acids is 1. The highest BCUT2D eigenvalue weighted by Gasteiger charge is 2.10. The number of hydrogen-bond donors (Lipinski definition) is 1. The molecule has 0 aliphatic carbocycles. The van der Waals surface area contributed by atoms with Gasteiger partial charge in [0.05, 0.1) is 7.11 Å². The van der Waals surface area contributed by atoms with Gasteiger partial charge in [0.25, 0.3) is 0 Å². The highest BCUT2D eigenvalue weighted by atomic mass is 16.5. The van der Waals surface area contributed by atoms with E-state index >= 15 is 0 Å². The first kappa shape index (κ1) is 16.1. The molecule has 1 amide bonds. The molecule has 1 N–H and O–H groups in total. The molecule has 5 heteroatoms. The molecule has 0 atom stereocenters. The molecule has 0 fully saturated rings. The number of ether oxygens (including phenoxy) is 1. The first-order chi connectivity index (χ1) is 11.7. The Balaban J connectivity index is 1.81. The molecular formula is C19H20N2O3. The summed E-state index contributed by atoms with van der Waals surface area (Å²) in [4.78, 5) is 16.3. The van der Waals surface area contributed by atoms with E-state index in [0.29, 0.717) is 23.4 Å². The van der Waals surface area contributed by atoms with Crippen LogP contribution in [-0.4, -0.2) is 18.0 Å². The number of unbranched alkanes of at least 4 members (excludes halogenated alkanes) is 1. The summed E-state index contributed by atoms with van der Waals surface area (Å²) in [5.74, 6) is 1.35. The van der Waals surface area contributed by atoms with Crippen molar-refractivity contribution in [3.63, 3.8) is 0 Å². The lowest BCUT2D eigenvalue weighted by Crippen LogP contribution is -2.10. The van der Waals surface area contributed by atoms with E-state index in [1.165, 1.54) is 0 Å². The van der Waals surface area contributed by atoms with Crippen molar-refractivity contribution in [1.82, 2.24) is 4.98 Å². The third-order valence-electron chi connectivity index (χ3n) is 3.77. The molecule has 0 radical (unpaired) electrons. The predicted molar refractivity (Wildman–Crippen MR) is 94.2 cm³/mol. The Morgan fingerprint density at radius 1 is 1.21 bits per heavy atom. The topological polar surface area (TPSA) is 64.4 Å². The summed E-state index contributed by atoms with van der Waals surface area (Å²) in [5.41, 5.74) is 3.01. The van der Waals surface area contributed by atoms with E-state index in [4.69, 9.17) is 9.15 Å². The minimum Gasteiger partial charge on any atom is -0.497 e. The number of hydrogen-bond acceptors (Lipinski definition) is 4. The maximum Gasteiger partial charge on any atom is 0.227 e. The molecule has 124 valence electrons. The van der Waals surface area contributed by atoms with Gasteiger partial charge in [-0.1, -0.05) is 13.3 Å². The Labute approximate surface area is 140 Å². The van der Waals surface area contributed by atoms with Gasteiger partial charge in [0.15, 0.2) is 5.58 Å². The lowest BCUT2D eigenvalue weighted by Gasteiger charge is -2.03. The van der Waals surface area contributed by atoms with Crippen molar-refractivity contribution in [2.24, 2.45) is 0 Å². The highest BCUT2D eigenvalue weighted by Crippen LogP contribution is 2.27. The average molecular weight is 324 g/mol. The van der Waals surface area contributed by atoms with E-state index in [1.54, 1.807) is 7.11 Å². The zero-order valence-electron chi connectivity index (χ0n) is 13.8. The lowest BCUT2D eigenvalue weighted by molar-refractivity contribution is -0.116. The average Bonchev–Trinajstić information content (AvgIpc) is 3.03. The summed E-state index contributed by atoms with van der Waals surface area (Å²) in [6, 6.07) is 13.0. The van der Waals surface area contributed by atoms with Crippen LogP contribution in [0.3, 0.4) is 0 Å². The van der Waals surface area contributed by atoms with Crippen molar-refractivity contribution in [3.05, 3.63) is 42.5 Å². The highest BCUT2D eigenvalue weighted by molar-refractivity contribution is 5.93. The molecule has 24 heavy (non-hydrogen) atoms. The van der Waals surface area contributed by atoms with Gasteiger partial charge in [0.2, 0.25) is 11.8 Å². The SMILES string of the molecule is CCCCC(=O)Nc1ccc2oc(-c3ccc(OC)cc3)nc2c1. The third-order valence-corrected chi connectivity index (χ3v) is 3.77. The van der Waals surface area contributed by atoms with Gasteiger partial charge < -0.3 is 14.5 Å². The summed E-state index contributed by atoms with van der Waals surface area (Å²) in [6.07, 6.45) is 2.42. The Morgan fingerprint density at radius 3 is 2.71 bits per heavy atom. The van der Waals surface area contributed by atoms with Gasteiger partial charge >= 0.3 is 0 Å². The molecule has 3 rings (SSSR count). The van der Waals surface area contributed by atoms with Crippen LogP contribution < -0.4 is 10.1 Å². The van der Waals surface area contributed by atoms with Crippen LogP contribution in [0.15, 0.2) is 46.9 Å². The summed E-state index contributed by atoms with van der Waals surface area (Å²) < 4.78 is 10.9. The number of nitrogens with zero attached hydrogens (tertiary/aromatic N) is 1. The molecule has 2 aromatic carbocycles. The van der Waals surface area contributed by atoms with Crippen LogP contribution in [0.2, 0.25) is 0 Å². The minimum atomic E-state index is 0.0232. The van der Waals surface area contributed by atoms with E-state index in [0.717, 1.165) is 29.8 Å². The third kappa shape index (κ3) is 3.56. The second kappa shape index (κ2) is 7.17. The van der Waals surface area contributed by atoms with Gasteiger partial charge in [-0.3, -0.25) is 4.79 Å². The summed E-state index contributed by atoms with van der Waals surface area (Å²) in [7, 11) is 1.63. The molecule has 0 saturated heterocycles. The molecule has 1 heterocycles. The molecule has 0 bridgehead atoms. The zero-order chi connectivity index (χ0) is 16.9. The number of methoxy groups -OCH3 is 1. The van der Waals surface area contributed by atoms with Crippen LogP contribution in [-0.2, 0) is 4.79 Å². The van der Waals surface area contributed by atoms with Gasteiger partial charge in [-0.15, -0.1) is 0 Å². The van der Waals surface area contributed by atoms with E-state index in [2.05, 4.69) is 17.2 Å². The Bertz CT molecular complexity index is 837. The van der Waals surface area contributed by atoms with Crippen molar-refractivity contribution >= 4 is 22.7 Å². The van der Waals surface area contributed by atoms with E-state index in [9.17, 15) is 4.79 Å². The Kier molecular flexibility index (Phi) is 4.79. The molecular weight excluding hydrogens is 304 g/mol. The number of aromatic nitrogens is 1. The normalized spacial score (nSPS) is 10.8. The molecule has 0 saturated carbocycles. The van der Waals surface area contributed by atoms with Gasteiger partial charge in [-0.25, -0.2) is 4.98 Å². The van der Waals surface area contributed by atoms with Crippen molar-refractivity contribution in [1.29, 1.82) is 0 Å². The number of anilines is 1. The maximum atomic E-state index is 11.8. The molecule has 3 aromatic rings. The number of benzene rings is 2. The quantitative estimate of drug-likeness (QED) is 0.718. The summed E-state index contributed by atoms with van der Waals surface area (Å²) in [6.45, 7) is 2.06. The predicted octanol–water partition coefficient (Wildman–Crippen LogP) is 4.63. The molecule has 0 unspecified atom stereocenters. The monoisotopic (exact) mass is 324 g/mol. The first-order valence-corrected chi connectivity index (χ1v) is 8.04. The molecule has 0 spiro atoms. The van der Waals surface area contributed by atoms with Crippen LogP contribution in [0.1, 0.15) is 26.2 Å².